The van der Waals surface area contributed by atoms with Gasteiger partial charge in [0, 0.05) is 22.6 Å². The monoisotopic (exact) mass is 250 g/mol. The molecule has 0 aliphatic heterocycles. The van der Waals surface area contributed by atoms with Crippen molar-refractivity contribution in [1.29, 1.82) is 0 Å². The van der Waals surface area contributed by atoms with E-state index in [9.17, 15) is 14.9 Å². The Labute approximate surface area is 99.4 Å². The molecule has 2 rings (SSSR count). The first-order valence-electron chi connectivity index (χ1n) is 4.47. The minimum absolute atomic E-state index is 0.117. The molecule has 1 aromatic heterocycles. The molecule has 0 unspecified atom stereocenters. The number of carbonyl (C=O) groups excluding carboxylic acids is 1. The first-order chi connectivity index (χ1) is 8.20. The number of nitro groups is 1. The van der Waals surface area contributed by atoms with E-state index in [1.807, 2.05) is 0 Å². The number of H-pyrrole nitrogens is 1. The molecule has 0 saturated carbocycles. The van der Waals surface area contributed by atoms with Crippen molar-refractivity contribution in [3.8, 4) is 0 Å². The third kappa shape index (κ3) is 2.48. The molecule has 0 saturated heterocycles. The summed E-state index contributed by atoms with van der Waals surface area (Å²) in [5, 5.41) is 17.4. The van der Waals surface area contributed by atoms with E-state index in [0.717, 1.165) is 0 Å². The van der Waals surface area contributed by atoms with Crippen LogP contribution in [0.25, 0.3) is 0 Å². The van der Waals surface area contributed by atoms with Gasteiger partial charge in [-0.25, -0.2) is 4.98 Å². The lowest BCUT2D eigenvalue weighted by Gasteiger charge is -2.01. The number of carbonyl (C=O) groups is 1. The summed E-state index contributed by atoms with van der Waals surface area (Å²) in [4.78, 5) is 25.3. The predicted octanol–water partition coefficient (Wildman–Crippen LogP) is 1.68. The van der Waals surface area contributed by atoms with Gasteiger partial charge in [0.2, 0.25) is 0 Å². The second kappa shape index (κ2) is 4.74. The Morgan fingerprint density at radius 1 is 1.47 bits per heavy atom. The minimum Gasteiger partial charge on any atom is -0.298 e. The van der Waals surface area contributed by atoms with Gasteiger partial charge in [-0.2, -0.15) is 5.10 Å². The van der Waals surface area contributed by atoms with Crippen LogP contribution in [0.1, 0.15) is 10.4 Å². The van der Waals surface area contributed by atoms with Crippen LogP contribution in [-0.4, -0.2) is 26.4 Å². The van der Waals surface area contributed by atoms with Crippen molar-refractivity contribution in [2.75, 3.05) is 0 Å². The molecule has 86 valence electrons. The van der Waals surface area contributed by atoms with Gasteiger partial charge >= 0.3 is 0 Å². The van der Waals surface area contributed by atoms with Crippen LogP contribution in [0.5, 0.6) is 0 Å². The number of aromatic amines is 1. The molecule has 0 atom stereocenters. The van der Waals surface area contributed by atoms with Crippen LogP contribution in [0.3, 0.4) is 0 Å². The van der Waals surface area contributed by atoms with Gasteiger partial charge in [0.05, 0.1) is 4.92 Å². The van der Waals surface area contributed by atoms with E-state index in [1.165, 1.54) is 36.3 Å². The molecule has 0 fully saturated rings. The van der Waals surface area contributed by atoms with Crippen LogP contribution in [0.4, 0.5) is 5.69 Å². The Hall–Kier alpha value is -2.22. The molecule has 0 radical (unpaired) electrons. The van der Waals surface area contributed by atoms with E-state index < -0.39 is 4.92 Å². The number of non-ortho nitro benzene ring substituents is 1. The Kier molecular flexibility index (Phi) is 3.15. The molecule has 1 aromatic carbocycles. The Morgan fingerprint density at radius 2 is 2.29 bits per heavy atom. The van der Waals surface area contributed by atoms with Crippen LogP contribution in [0, 0.1) is 10.1 Å². The highest BCUT2D eigenvalue weighted by atomic mass is 32.2. The third-order valence-corrected chi connectivity index (χ3v) is 2.91. The van der Waals surface area contributed by atoms with E-state index in [4.69, 9.17) is 0 Å². The molecule has 1 heterocycles. The number of nitrogens with zero attached hydrogens (tertiary/aromatic N) is 3. The summed E-state index contributed by atoms with van der Waals surface area (Å²) < 4.78 is 0. The summed E-state index contributed by atoms with van der Waals surface area (Å²) in [5.74, 6) is 0. The summed E-state index contributed by atoms with van der Waals surface area (Å²) in [6.07, 6.45) is 1.92. The van der Waals surface area contributed by atoms with Crippen LogP contribution in [0.15, 0.2) is 34.6 Å². The van der Waals surface area contributed by atoms with Gasteiger partial charge in [0.25, 0.3) is 5.69 Å². The molecular formula is C9H6N4O3S. The van der Waals surface area contributed by atoms with Gasteiger partial charge in [-0.3, -0.25) is 20.0 Å². The maximum atomic E-state index is 10.8. The third-order valence-electron chi connectivity index (χ3n) is 1.93. The summed E-state index contributed by atoms with van der Waals surface area (Å²) in [5.41, 5.74) is 0.134. The number of hydrogen-bond donors (Lipinski definition) is 1. The fourth-order valence-corrected chi connectivity index (χ4v) is 1.95. The van der Waals surface area contributed by atoms with Crippen molar-refractivity contribution < 1.29 is 9.72 Å². The van der Waals surface area contributed by atoms with Gasteiger partial charge in [0.15, 0.2) is 11.4 Å². The van der Waals surface area contributed by atoms with E-state index in [2.05, 4.69) is 15.2 Å². The molecule has 0 aliphatic rings. The topological polar surface area (TPSA) is 102 Å². The minimum atomic E-state index is -0.546. The lowest BCUT2D eigenvalue weighted by atomic mass is 10.2. The highest BCUT2D eigenvalue weighted by Gasteiger charge is 2.12. The zero-order valence-electron chi connectivity index (χ0n) is 8.36. The maximum absolute atomic E-state index is 10.8. The van der Waals surface area contributed by atoms with Crippen LogP contribution >= 0.6 is 11.8 Å². The summed E-state index contributed by atoms with van der Waals surface area (Å²) >= 11 is 1.18. The first kappa shape index (κ1) is 11.3. The number of hydrogen-bond acceptors (Lipinski definition) is 6. The zero-order valence-corrected chi connectivity index (χ0v) is 9.18. The van der Waals surface area contributed by atoms with Gasteiger partial charge in [0.1, 0.15) is 6.33 Å². The van der Waals surface area contributed by atoms with Crippen molar-refractivity contribution in [3.63, 3.8) is 0 Å². The lowest BCUT2D eigenvalue weighted by molar-refractivity contribution is -0.384. The molecule has 7 nitrogen and oxygen atoms in total. The van der Waals surface area contributed by atoms with Crippen LogP contribution in [0.2, 0.25) is 0 Å². The predicted molar refractivity (Wildman–Crippen MR) is 59.0 cm³/mol. The molecule has 1 N–H and O–H groups in total. The standard InChI is InChI=1S/C9H6N4O3S/c14-4-6-3-7(13(15)16)1-2-8(6)17-9-10-5-11-12-9/h1-5H,(H,10,11,12). The number of nitro benzene ring substituents is 1. The summed E-state index contributed by atoms with van der Waals surface area (Å²) in [6, 6.07) is 4.08. The highest BCUT2D eigenvalue weighted by Crippen LogP contribution is 2.29. The van der Waals surface area contributed by atoms with Crippen molar-refractivity contribution in [3.05, 3.63) is 40.2 Å². The van der Waals surface area contributed by atoms with Crippen LogP contribution in [-0.2, 0) is 0 Å². The van der Waals surface area contributed by atoms with Gasteiger partial charge in [-0.15, -0.1) is 0 Å². The molecule has 0 amide bonds. The fraction of sp³-hybridized carbons (Fsp3) is 0. The van der Waals surface area contributed by atoms with E-state index in [1.54, 1.807) is 0 Å². The van der Waals surface area contributed by atoms with Crippen LogP contribution < -0.4 is 0 Å². The largest absolute Gasteiger partial charge is 0.298 e. The van der Waals surface area contributed by atoms with Crippen molar-refractivity contribution in [1.82, 2.24) is 15.2 Å². The molecule has 8 heteroatoms. The molecule has 0 spiro atoms. The lowest BCUT2D eigenvalue weighted by Crippen LogP contribution is -1.92. The molecule has 2 aromatic rings. The van der Waals surface area contributed by atoms with Crippen molar-refractivity contribution in [2.45, 2.75) is 10.1 Å². The molecular weight excluding hydrogens is 244 g/mol. The normalized spacial score (nSPS) is 10.1. The van der Waals surface area contributed by atoms with Gasteiger partial charge in [-0.05, 0) is 17.8 Å². The number of aromatic nitrogens is 3. The average molecular weight is 250 g/mol. The molecule has 0 aliphatic carbocycles. The van der Waals surface area contributed by atoms with E-state index in [0.29, 0.717) is 16.3 Å². The number of rotatable bonds is 4. The zero-order chi connectivity index (χ0) is 12.3. The number of benzene rings is 1. The highest BCUT2D eigenvalue weighted by molar-refractivity contribution is 7.99. The quantitative estimate of drug-likeness (QED) is 0.503. The van der Waals surface area contributed by atoms with E-state index >= 15 is 0 Å². The van der Waals surface area contributed by atoms with Gasteiger partial charge in [-0.1, -0.05) is 0 Å². The van der Waals surface area contributed by atoms with E-state index in [-0.39, 0.29) is 11.3 Å². The Balaban J connectivity index is 2.34. The number of nitrogens with one attached hydrogen (secondary N) is 1. The average Bonchev–Trinajstić information content (AvgIpc) is 2.82. The number of aldehydes is 1. The molecule has 0 bridgehead atoms. The van der Waals surface area contributed by atoms with Crippen molar-refractivity contribution >= 4 is 23.7 Å². The first-order valence-corrected chi connectivity index (χ1v) is 5.29. The smallest absolute Gasteiger partial charge is 0.270 e. The Bertz CT molecular complexity index is 555. The molecule has 17 heavy (non-hydrogen) atoms. The Morgan fingerprint density at radius 3 is 2.88 bits per heavy atom. The SMILES string of the molecule is O=Cc1cc([N+](=O)[O-])ccc1Sc1ncn[nH]1. The van der Waals surface area contributed by atoms with Gasteiger partial charge < -0.3 is 0 Å². The summed E-state index contributed by atoms with van der Waals surface area (Å²) in [7, 11) is 0. The second-order valence-corrected chi connectivity index (χ2v) is 4.02. The van der Waals surface area contributed by atoms with Crippen molar-refractivity contribution in [2.24, 2.45) is 0 Å². The summed E-state index contributed by atoms with van der Waals surface area (Å²) in [6.45, 7) is 0. The second-order valence-electron chi connectivity index (χ2n) is 2.99. The fourth-order valence-electron chi connectivity index (χ4n) is 1.18. The maximum Gasteiger partial charge on any atom is 0.270 e.